The van der Waals surface area contributed by atoms with Gasteiger partial charge in [0, 0.05) is 18.6 Å². The maximum Gasteiger partial charge on any atom is 0.243 e. The summed E-state index contributed by atoms with van der Waals surface area (Å²) in [5.41, 5.74) is 10.8. The number of guanidine groups is 1. The van der Waals surface area contributed by atoms with Gasteiger partial charge >= 0.3 is 0 Å². The van der Waals surface area contributed by atoms with E-state index in [1.165, 1.54) is 0 Å². The van der Waals surface area contributed by atoms with Crippen LogP contribution < -0.4 is 27.4 Å². The van der Waals surface area contributed by atoms with Gasteiger partial charge in [0.1, 0.15) is 12.1 Å². The first-order valence-electron chi connectivity index (χ1n) is 9.26. The Bertz CT molecular complexity index is 510. The summed E-state index contributed by atoms with van der Waals surface area (Å²) in [6, 6.07) is -1.45. The SMILES string of the molecule is C=C(C)Cl.CCCCC[C@H](NC=O)C(=O)N[C@@H](CCCNC(N)=NC)C(N)=O. The Morgan fingerprint density at radius 2 is 1.75 bits per heavy atom. The second kappa shape index (κ2) is 18.1. The number of hydrogen-bond donors (Lipinski definition) is 5. The van der Waals surface area contributed by atoms with Crippen molar-refractivity contribution in [2.45, 2.75) is 64.5 Å². The monoisotopic (exact) mass is 418 g/mol. The van der Waals surface area contributed by atoms with E-state index in [1.807, 2.05) is 0 Å². The smallest absolute Gasteiger partial charge is 0.243 e. The molecular formula is C18H35ClN6O3. The van der Waals surface area contributed by atoms with Crippen molar-refractivity contribution in [3.8, 4) is 0 Å². The highest BCUT2D eigenvalue weighted by Crippen LogP contribution is 2.05. The van der Waals surface area contributed by atoms with Crippen molar-refractivity contribution in [2.24, 2.45) is 16.5 Å². The molecule has 0 aliphatic rings. The van der Waals surface area contributed by atoms with Gasteiger partial charge in [-0.2, -0.15) is 0 Å². The summed E-state index contributed by atoms with van der Waals surface area (Å²) in [6.07, 6.45) is 4.75. The highest BCUT2D eigenvalue weighted by Gasteiger charge is 2.23. The highest BCUT2D eigenvalue weighted by atomic mass is 35.5. The summed E-state index contributed by atoms with van der Waals surface area (Å²) in [7, 11) is 1.56. The topological polar surface area (TPSA) is 152 Å². The van der Waals surface area contributed by atoms with Gasteiger partial charge in [-0.3, -0.25) is 19.4 Å². The molecule has 0 fully saturated rings. The van der Waals surface area contributed by atoms with E-state index < -0.39 is 23.9 Å². The number of carbonyl (C=O) groups is 3. The third-order valence-electron chi connectivity index (χ3n) is 3.56. The molecule has 0 unspecified atom stereocenters. The van der Waals surface area contributed by atoms with Gasteiger partial charge in [0.05, 0.1) is 0 Å². The zero-order valence-electron chi connectivity index (χ0n) is 17.1. The first-order chi connectivity index (χ1) is 13.2. The number of halogens is 1. The molecule has 0 aromatic carbocycles. The number of hydrogen-bond acceptors (Lipinski definition) is 4. The van der Waals surface area contributed by atoms with E-state index in [4.69, 9.17) is 23.1 Å². The highest BCUT2D eigenvalue weighted by molar-refractivity contribution is 6.28. The van der Waals surface area contributed by atoms with Crippen LogP contribution in [0.2, 0.25) is 0 Å². The van der Waals surface area contributed by atoms with Crippen LogP contribution in [0.25, 0.3) is 0 Å². The zero-order valence-corrected chi connectivity index (χ0v) is 17.8. The predicted octanol–water partition coefficient (Wildman–Crippen LogP) is 0.725. The number of primary amides is 1. The Hall–Kier alpha value is -2.29. The number of nitrogens with one attached hydrogen (secondary N) is 3. The van der Waals surface area contributed by atoms with Crippen LogP contribution in [0.1, 0.15) is 52.4 Å². The van der Waals surface area contributed by atoms with Crippen LogP contribution in [0, 0.1) is 0 Å². The van der Waals surface area contributed by atoms with E-state index >= 15 is 0 Å². The Kier molecular flexibility index (Phi) is 18.0. The molecule has 0 aromatic heterocycles. The normalized spacial score (nSPS) is 12.6. The Morgan fingerprint density at radius 3 is 2.21 bits per heavy atom. The fourth-order valence-electron chi connectivity index (χ4n) is 2.13. The van der Waals surface area contributed by atoms with Crippen LogP contribution in [0.3, 0.4) is 0 Å². The lowest BCUT2D eigenvalue weighted by Gasteiger charge is -2.20. The van der Waals surface area contributed by atoms with Gasteiger partial charge in [0.25, 0.3) is 0 Å². The minimum atomic E-state index is -0.791. The molecular weight excluding hydrogens is 384 g/mol. The molecule has 9 nitrogen and oxygen atoms in total. The van der Waals surface area contributed by atoms with Crippen molar-refractivity contribution in [3.63, 3.8) is 0 Å². The molecule has 0 aliphatic carbocycles. The number of aliphatic imine (C=N–C) groups is 1. The summed E-state index contributed by atoms with van der Waals surface area (Å²) >= 11 is 5.08. The lowest BCUT2D eigenvalue weighted by atomic mass is 10.1. The number of unbranched alkanes of at least 4 members (excludes halogenated alkanes) is 2. The third kappa shape index (κ3) is 17.1. The predicted molar refractivity (Wildman–Crippen MR) is 114 cm³/mol. The van der Waals surface area contributed by atoms with E-state index in [9.17, 15) is 14.4 Å². The Balaban J connectivity index is 0. The second-order valence-corrected chi connectivity index (χ2v) is 6.80. The molecule has 7 N–H and O–H groups in total. The molecule has 0 saturated carbocycles. The van der Waals surface area contributed by atoms with Crippen molar-refractivity contribution in [2.75, 3.05) is 13.6 Å². The van der Waals surface area contributed by atoms with E-state index in [0.29, 0.717) is 43.2 Å². The molecule has 0 bridgehead atoms. The lowest BCUT2D eigenvalue weighted by Crippen LogP contribution is -2.51. The average molecular weight is 419 g/mol. The number of rotatable bonds is 13. The van der Waals surface area contributed by atoms with Gasteiger partial charge < -0.3 is 27.4 Å². The van der Waals surface area contributed by atoms with Crippen molar-refractivity contribution >= 4 is 35.8 Å². The van der Waals surface area contributed by atoms with Crippen LogP contribution in [0.15, 0.2) is 16.6 Å². The molecule has 3 amide bonds. The standard InChI is InChI=1S/C15H30N6O3.C3H5Cl/c1-3-4-5-7-12(20-10-22)14(24)21-11(13(16)23)8-6-9-19-15(17)18-2;1-3(2)4/h10-12H,3-9H2,1-2H3,(H2,16,23)(H,20,22)(H,21,24)(H3,17,18,19);1H2,2H3/t11-,12-;/m0./s1. The summed E-state index contributed by atoms with van der Waals surface area (Å²) < 4.78 is 0. The number of nitrogens with zero attached hydrogens (tertiary/aromatic N) is 1. The van der Waals surface area contributed by atoms with Crippen molar-refractivity contribution in [1.82, 2.24) is 16.0 Å². The third-order valence-corrected chi connectivity index (χ3v) is 3.56. The largest absolute Gasteiger partial charge is 0.370 e. The molecule has 0 radical (unpaired) electrons. The minimum Gasteiger partial charge on any atom is -0.370 e. The first-order valence-corrected chi connectivity index (χ1v) is 9.63. The van der Waals surface area contributed by atoms with Gasteiger partial charge in [0.15, 0.2) is 5.96 Å². The molecule has 0 rings (SSSR count). The summed E-state index contributed by atoms with van der Waals surface area (Å²) in [4.78, 5) is 38.2. The van der Waals surface area contributed by atoms with Crippen molar-refractivity contribution in [3.05, 3.63) is 11.6 Å². The van der Waals surface area contributed by atoms with Gasteiger partial charge in [-0.25, -0.2) is 0 Å². The maximum atomic E-state index is 12.2. The van der Waals surface area contributed by atoms with Crippen molar-refractivity contribution in [1.29, 1.82) is 0 Å². The van der Waals surface area contributed by atoms with Crippen LogP contribution >= 0.6 is 11.6 Å². The number of nitrogens with two attached hydrogens (primary N) is 2. The van der Waals surface area contributed by atoms with Crippen LogP contribution in [0.5, 0.6) is 0 Å². The Labute approximate surface area is 172 Å². The molecule has 2 atom stereocenters. The van der Waals surface area contributed by atoms with Crippen LogP contribution in [0.4, 0.5) is 0 Å². The number of allylic oxidation sites excluding steroid dienone is 1. The minimum absolute atomic E-state index is 0.306. The van der Waals surface area contributed by atoms with E-state index in [-0.39, 0.29) is 0 Å². The van der Waals surface area contributed by atoms with Gasteiger partial charge in [-0.1, -0.05) is 44.4 Å². The average Bonchev–Trinajstić information content (AvgIpc) is 2.62. The van der Waals surface area contributed by atoms with Gasteiger partial charge in [-0.05, 0) is 26.2 Å². The summed E-state index contributed by atoms with van der Waals surface area (Å²) in [5, 5.41) is 8.59. The molecule has 162 valence electrons. The molecule has 0 saturated heterocycles. The van der Waals surface area contributed by atoms with Gasteiger partial charge in [0.2, 0.25) is 18.2 Å². The Morgan fingerprint density at radius 1 is 1.18 bits per heavy atom. The molecule has 0 heterocycles. The van der Waals surface area contributed by atoms with E-state index in [0.717, 1.165) is 19.3 Å². The molecule has 0 aliphatic heterocycles. The first kappa shape index (κ1) is 27.9. The zero-order chi connectivity index (χ0) is 21.9. The van der Waals surface area contributed by atoms with Crippen LogP contribution in [-0.4, -0.2) is 49.9 Å². The van der Waals surface area contributed by atoms with Crippen LogP contribution in [-0.2, 0) is 14.4 Å². The second-order valence-electron chi connectivity index (χ2n) is 6.15. The van der Waals surface area contributed by atoms with E-state index in [2.05, 4.69) is 34.4 Å². The fraction of sp³-hybridized carbons (Fsp3) is 0.667. The quantitative estimate of drug-likeness (QED) is 0.129. The number of amides is 3. The molecule has 10 heteroatoms. The number of carbonyl (C=O) groups excluding carboxylic acids is 3. The maximum absolute atomic E-state index is 12.2. The van der Waals surface area contributed by atoms with E-state index in [1.54, 1.807) is 14.0 Å². The lowest BCUT2D eigenvalue weighted by molar-refractivity contribution is -0.129. The summed E-state index contributed by atoms with van der Waals surface area (Å²) in [5.74, 6) is -0.704. The van der Waals surface area contributed by atoms with Crippen molar-refractivity contribution < 1.29 is 14.4 Å². The molecule has 28 heavy (non-hydrogen) atoms. The fourth-order valence-corrected chi connectivity index (χ4v) is 2.13. The molecule has 0 spiro atoms. The van der Waals surface area contributed by atoms with Gasteiger partial charge in [-0.15, -0.1) is 0 Å². The summed E-state index contributed by atoms with van der Waals surface area (Å²) in [6.45, 7) is 7.62. The molecule has 0 aromatic rings.